The monoisotopic (exact) mass is 265 g/mol. The molecule has 2 aromatic carbocycles. The van der Waals surface area contributed by atoms with E-state index in [9.17, 15) is 0 Å². The van der Waals surface area contributed by atoms with Crippen molar-refractivity contribution < 1.29 is 9.84 Å². The number of ether oxygens (including phenoxy) is 1. The van der Waals surface area contributed by atoms with Crippen molar-refractivity contribution in [1.29, 1.82) is 0 Å². The fourth-order valence-corrected chi connectivity index (χ4v) is 2.16. The molecular formula is C17H15NO2. The number of pyridine rings is 1. The number of benzene rings is 2. The van der Waals surface area contributed by atoms with E-state index in [1.165, 1.54) is 0 Å². The van der Waals surface area contributed by atoms with Gasteiger partial charge in [-0.2, -0.15) is 0 Å². The average Bonchev–Trinajstić information content (AvgIpc) is 2.49. The lowest BCUT2D eigenvalue weighted by atomic mass is 10.1. The Morgan fingerprint density at radius 2 is 1.95 bits per heavy atom. The Morgan fingerprint density at radius 3 is 2.75 bits per heavy atom. The van der Waals surface area contributed by atoms with E-state index in [1.807, 2.05) is 55.5 Å². The molecule has 3 heteroatoms. The number of hydrogen-bond donors (Lipinski definition) is 1. The highest BCUT2D eigenvalue weighted by Gasteiger charge is 2.04. The van der Waals surface area contributed by atoms with Crippen molar-refractivity contribution >= 4 is 10.9 Å². The zero-order valence-corrected chi connectivity index (χ0v) is 11.2. The molecule has 0 aliphatic rings. The van der Waals surface area contributed by atoms with Crippen molar-refractivity contribution in [1.82, 2.24) is 4.98 Å². The fraction of sp³-hybridized carbons (Fsp3) is 0.118. The van der Waals surface area contributed by atoms with E-state index in [4.69, 9.17) is 9.84 Å². The topological polar surface area (TPSA) is 42.4 Å². The molecule has 3 nitrogen and oxygen atoms in total. The lowest BCUT2D eigenvalue weighted by Gasteiger charge is -2.10. The van der Waals surface area contributed by atoms with Crippen LogP contribution in [0.1, 0.15) is 11.1 Å². The van der Waals surface area contributed by atoms with Crippen molar-refractivity contribution in [3.8, 4) is 11.5 Å². The first-order valence-corrected chi connectivity index (χ1v) is 6.49. The number of hydrogen-bond acceptors (Lipinski definition) is 3. The average molecular weight is 265 g/mol. The highest BCUT2D eigenvalue weighted by atomic mass is 16.5. The molecule has 0 spiro atoms. The third kappa shape index (κ3) is 2.49. The second-order valence-corrected chi connectivity index (χ2v) is 4.72. The summed E-state index contributed by atoms with van der Waals surface area (Å²) in [6.45, 7) is 2.00. The van der Waals surface area contributed by atoms with Gasteiger partial charge in [-0.05, 0) is 36.2 Å². The van der Waals surface area contributed by atoms with E-state index >= 15 is 0 Å². The standard InChI is InChI=1S/C17H15NO2/c1-12-8-13(11-19)6-7-17(12)20-15-9-14-4-2-3-5-16(14)18-10-15/h2-10,19H,11H2,1H3. The Labute approximate surface area is 117 Å². The number of aliphatic hydroxyl groups excluding tert-OH is 1. The van der Waals surface area contributed by atoms with Gasteiger partial charge in [0.15, 0.2) is 0 Å². The summed E-state index contributed by atoms with van der Waals surface area (Å²) in [5.41, 5.74) is 2.82. The summed E-state index contributed by atoms with van der Waals surface area (Å²) >= 11 is 0. The number of aromatic nitrogens is 1. The smallest absolute Gasteiger partial charge is 0.146 e. The van der Waals surface area contributed by atoms with Gasteiger partial charge in [-0.3, -0.25) is 4.98 Å². The van der Waals surface area contributed by atoms with Gasteiger partial charge in [0.2, 0.25) is 0 Å². The van der Waals surface area contributed by atoms with Gasteiger partial charge in [0.25, 0.3) is 0 Å². The first-order valence-electron chi connectivity index (χ1n) is 6.49. The van der Waals surface area contributed by atoms with Crippen LogP contribution in [0, 0.1) is 6.92 Å². The van der Waals surface area contributed by atoms with Crippen LogP contribution in [-0.2, 0) is 6.61 Å². The second-order valence-electron chi connectivity index (χ2n) is 4.72. The van der Waals surface area contributed by atoms with E-state index in [1.54, 1.807) is 6.20 Å². The molecule has 0 saturated heterocycles. The molecule has 3 aromatic rings. The van der Waals surface area contributed by atoms with Crippen molar-refractivity contribution in [2.45, 2.75) is 13.5 Å². The minimum Gasteiger partial charge on any atom is -0.455 e. The maximum absolute atomic E-state index is 9.11. The van der Waals surface area contributed by atoms with Gasteiger partial charge in [-0.1, -0.05) is 30.3 Å². The summed E-state index contributed by atoms with van der Waals surface area (Å²) in [6.07, 6.45) is 1.72. The fourth-order valence-electron chi connectivity index (χ4n) is 2.16. The highest BCUT2D eigenvalue weighted by Crippen LogP contribution is 2.27. The van der Waals surface area contributed by atoms with Crippen molar-refractivity contribution in [3.05, 3.63) is 65.9 Å². The van der Waals surface area contributed by atoms with E-state index < -0.39 is 0 Å². The quantitative estimate of drug-likeness (QED) is 0.782. The van der Waals surface area contributed by atoms with E-state index in [0.717, 1.165) is 27.8 Å². The molecule has 0 fully saturated rings. The second kappa shape index (κ2) is 5.31. The number of fused-ring (bicyclic) bond motifs is 1. The number of para-hydroxylation sites is 1. The minimum absolute atomic E-state index is 0.0403. The van der Waals surface area contributed by atoms with Gasteiger partial charge < -0.3 is 9.84 Å². The van der Waals surface area contributed by atoms with Crippen molar-refractivity contribution in [3.63, 3.8) is 0 Å². The molecule has 1 heterocycles. The van der Waals surface area contributed by atoms with E-state index in [-0.39, 0.29) is 6.61 Å². The lowest BCUT2D eigenvalue weighted by Crippen LogP contribution is -1.91. The zero-order chi connectivity index (χ0) is 13.9. The van der Waals surface area contributed by atoms with Gasteiger partial charge in [-0.25, -0.2) is 0 Å². The number of nitrogens with zero attached hydrogens (tertiary/aromatic N) is 1. The van der Waals surface area contributed by atoms with Crippen LogP contribution < -0.4 is 4.74 Å². The Hall–Kier alpha value is -2.39. The molecule has 0 saturated carbocycles. The highest BCUT2D eigenvalue weighted by molar-refractivity contribution is 5.79. The zero-order valence-electron chi connectivity index (χ0n) is 11.2. The Balaban J connectivity index is 1.92. The molecule has 0 unspecified atom stereocenters. The van der Waals surface area contributed by atoms with Crippen LogP contribution in [0.4, 0.5) is 0 Å². The van der Waals surface area contributed by atoms with Gasteiger partial charge in [0.05, 0.1) is 18.3 Å². The van der Waals surface area contributed by atoms with Crippen LogP contribution >= 0.6 is 0 Å². The third-order valence-electron chi connectivity index (χ3n) is 3.22. The summed E-state index contributed by atoms with van der Waals surface area (Å²) in [5, 5.41) is 10.2. The van der Waals surface area contributed by atoms with E-state index in [0.29, 0.717) is 5.75 Å². The molecule has 20 heavy (non-hydrogen) atoms. The summed E-state index contributed by atoms with van der Waals surface area (Å²) in [5.74, 6) is 1.49. The Kier molecular flexibility index (Phi) is 3.35. The molecule has 1 aromatic heterocycles. The summed E-state index contributed by atoms with van der Waals surface area (Å²) in [7, 11) is 0. The summed E-state index contributed by atoms with van der Waals surface area (Å²) < 4.78 is 5.87. The predicted molar refractivity (Wildman–Crippen MR) is 78.9 cm³/mol. The maximum Gasteiger partial charge on any atom is 0.146 e. The third-order valence-corrected chi connectivity index (χ3v) is 3.22. The normalized spacial score (nSPS) is 10.7. The van der Waals surface area contributed by atoms with Gasteiger partial charge in [-0.15, -0.1) is 0 Å². The van der Waals surface area contributed by atoms with Crippen LogP contribution in [0.5, 0.6) is 11.5 Å². The Bertz CT molecular complexity index is 753. The maximum atomic E-state index is 9.11. The minimum atomic E-state index is 0.0403. The summed E-state index contributed by atoms with van der Waals surface area (Å²) in [6, 6.07) is 15.6. The van der Waals surface area contributed by atoms with Crippen LogP contribution in [0.2, 0.25) is 0 Å². The molecular weight excluding hydrogens is 250 g/mol. The van der Waals surface area contributed by atoms with Crippen LogP contribution in [0.25, 0.3) is 10.9 Å². The first-order chi connectivity index (χ1) is 9.76. The molecule has 0 aliphatic heterocycles. The molecule has 0 atom stereocenters. The predicted octanol–water partition coefficient (Wildman–Crippen LogP) is 3.83. The molecule has 0 aliphatic carbocycles. The first kappa shape index (κ1) is 12.6. The van der Waals surface area contributed by atoms with Gasteiger partial charge in [0, 0.05) is 5.39 Å². The SMILES string of the molecule is Cc1cc(CO)ccc1Oc1cnc2ccccc2c1. The molecule has 1 N–H and O–H groups in total. The molecule has 0 bridgehead atoms. The van der Waals surface area contributed by atoms with Crippen LogP contribution in [0.3, 0.4) is 0 Å². The molecule has 3 rings (SSSR count). The summed E-state index contributed by atoms with van der Waals surface area (Å²) in [4.78, 5) is 4.38. The van der Waals surface area contributed by atoms with Gasteiger partial charge in [0.1, 0.15) is 11.5 Å². The Morgan fingerprint density at radius 1 is 1.10 bits per heavy atom. The molecule has 100 valence electrons. The number of aryl methyl sites for hydroxylation is 1. The number of aliphatic hydroxyl groups is 1. The largest absolute Gasteiger partial charge is 0.455 e. The van der Waals surface area contributed by atoms with Gasteiger partial charge >= 0.3 is 0 Å². The number of rotatable bonds is 3. The van der Waals surface area contributed by atoms with Crippen LogP contribution in [0.15, 0.2) is 54.7 Å². The molecule has 0 radical (unpaired) electrons. The van der Waals surface area contributed by atoms with Crippen LogP contribution in [-0.4, -0.2) is 10.1 Å². The van der Waals surface area contributed by atoms with Crippen molar-refractivity contribution in [2.75, 3.05) is 0 Å². The lowest BCUT2D eigenvalue weighted by molar-refractivity contribution is 0.281. The van der Waals surface area contributed by atoms with E-state index in [2.05, 4.69) is 4.98 Å². The van der Waals surface area contributed by atoms with Crippen molar-refractivity contribution in [2.24, 2.45) is 0 Å². The molecule has 0 amide bonds.